The molecular formula is C35H37F5N6O. The van der Waals surface area contributed by atoms with Gasteiger partial charge in [0.05, 0.1) is 30.0 Å². The standard InChI is InChI=1S/C35H37F5N6O/c1-21(2)34(37)10-5-30-26(18-34)16-24-15-25(17-28(36)32(24)44-30)33(47)45-31(9-14-46-12-7-27(8-13-46)35(38,39)40)22-3-4-29(41-19-22)23-6-11-42-43-20-23/h3-4,6,11,15-17,19-21,27,31H,5,7-10,12-14,18H2,1-2H3,(H,45,47)/t31-,34+/m1/s1. The monoisotopic (exact) mass is 652 g/mol. The number of benzene rings is 1. The minimum atomic E-state index is -4.20. The molecule has 0 unspecified atom stereocenters. The Morgan fingerprint density at radius 1 is 1.09 bits per heavy atom. The molecule has 12 heteroatoms. The summed E-state index contributed by atoms with van der Waals surface area (Å²) in [6, 6.07) is 9.32. The van der Waals surface area contributed by atoms with Crippen LogP contribution in [0.5, 0.6) is 0 Å². The van der Waals surface area contributed by atoms with Gasteiger partial charge in [0, 0.05) is 41.4 Å². The Morgan fingerprint density at radius 2 is 1.87 bits per heavy atom. The van der Waals surface area contributed by atoms with E-state index in [4.69, 9.17) is 0 Å². The zero-order valence-electron chi connectivity index (χ0n) is 26.3. The van der Waals surface area contributed by atoms with E-state index >= 15 is 8.78 Å². The molecule has 0 radical (unpaired) electrons. The fourth-order valence-corrected chi connectivity index (χ4v) is 6.63. The van der Waals surface area contributed by atoms with Crippen molar-refractivity contribution in [3.63, 3.8) is 0 Å². The van der Waals surface area contributed by atoms with Gasteiger partial charge in [0.25, 0.3) is 5.91 Å². The number of fused-ring (bicyclic) bond motifs is 2. The van der Waals surface area contributed by atoms with E-state index < -0.39 is 35.5 Å². The summed E-state index contributed by atoms with van der Waals surface area (Å²) in [5.74, 6) is -2.65. The van der Waals surface area contributed by atoms with Crippen LogP contribution in [-0.2, 0) is 12.8 Å². The van der Waals surface area contributed by atoms with Gasteiger partial charge in [0.2, 0.25) is 0 Å². The smallest absolute Gasteiger partial charge is 0.345 e. The van der Waals surface area contributed by atoms with Crippen molar-refractivity contribution < 1.29 is 26.7 Å². The Labute approximate surface area is 270 Å². The molecule has 248 valence electrons. The molecule has 0 saturated carbocycles. The lowest BCUT2D eigenvalue weighted by Crippen LogP contribution is -2.40. The van der Waals surface area contributed by atoms with E-state index in [1.807, 2.05) is 24.8 Å². The lowest BCUT2D eigenvalue weighted by Gasteiger charge is -2.34. The lowest BCUT2D eigenvalue weighted by atomic mass is 9.77. The number of hydrogen-bond donors (Lipinski definition) is 1. The van der Waals surface area contributed by atoms with Crippen molar-refractivity contribution in [2.24, 2.45) is 11.8 Å². The van der Waals surface area contributed by atoms with Gasteiger partial charge in [0.1, 0.15) is 17.0 Å². The number of likely N-dealkylation sites (tertiary alicyclic amines) is 1. The quantitative estimate of drug-likeness (QED) is 0.203. The number of nitrogens with one attached hydrogen (secondary N) is 1. The highest BCUT2D eigenvalue weighted by Gasteiger charge is 2.41. The van der Waals surface area contributed by atoms with Gasteiger partial charge in [-0.15, -0.1) is 0 Å². The van der Waals surface area contributed by atoms with Crippen molar-refractivity contribution in [3.05, 3.63) is 83.2 Å². The molecule has 1 aliphatic carbocycles. The highest BCUT2D eigenvalue weighted by Crippen LogP contribution is 2.38. The van der Waals surface area contributed by atoms with Crippen LogP contribution in [0.1, 0.15) is 72.8 Å². The first kappa shape index (κ1) is 32.9. The van der Waals surface area contributed by atoms with Crippen molar-refractivity contribution >= 4 is 16.8 Å². The maximum atomic E-state index is 15.5. The van der Waals surface area contributed by atoms with Crippen LogP contribution in [0.25, 0.3) is 22.2 Å². The molecule has 47 heavy (non-hydrogen) atoms. The topological polar surface area (TPSA) is 83.9 Å². The number of aryl methyl sites for hydroxylation is 1. The molecule has 2 atom stereocenters. The van der Waals surface area contributed by atoms with E-state index in [-0.39, 0.29) is 36.3 Å². The summed E-state index contributed by atoms with van der Waals surface area (Å²) < 4.78 is 70.6. The van der Waals surface area contributed by atoms with Crippen LogP contribution in [0.15, 0.2) is 55.0 Å². The summed E-state index contributed by atoms with van der Waals surface area (Å²) in [7, 11) is 0. The number of nitrogens with zero attached hydrogens (tertiary/aromatic N) is 5. The van der Waals surface area contributed by atoms with E-state index in [1.54, 1.807) is 42.9 Å². The van der Waals surface area contributed by atoms with Crippen LogP contribution < -0.4 is 5.32 Å². The maximum Gasteiger partial charge on any atom is 0.391 e. The third kappa shape index (κ3) is 7.27. The van der Waals surface area contributed by atoms with Crippen LogP contribution in [-0.4, -0.2) is 62.5 Å². The molecule has 2 aliphatic rings. The Bertz CT molecular complexity index is 1730. The molecule has 7 nitrogen and oxygen atoms in total. The molecule has 1 amide bonds. The molecule has 1 aromatic carbocycles. The molecule has 4 heterocycles. The Hall–Kier alpha value is -4.06. The number of halogens is 5. The molecule has 1 aliphatic heterocycles. The lowest BCUT2D eigenvalue weighted by molar-refractivity contribution is -0.185. The second-order valence-electron chi connectivity index (χ2n) is 13.1. The van der Waals surface area contributed by atoms with Crippen LogP contribution in [0.2, 0.25) is 0 Å². The van der Waals surface area contributed by atoms with Gasteiger partial charge in [-0.1, -0.05) is 19.9 Å². The number of carbonyl (C=O) groups excluding carboxylic acids is 1. The Balaban J connectivity index is 1.23. The maximum absolute atomic E-state index is 15.5. The fourth-order valence-electron chi connectivity index (χ4n) is 6.63. The number of hydrogen-bond acceptors (Lipinski definition) is 6. The normalized spacial score (nSPS) is 19.9. The molecular weight excluding hydrogens is 615 g/mol. The van der Waals surface area contributed by atoms with E-state index in [9.17, 15) is 18.0 Å². The van der Waals surface area contributed by atoms with Crippen LogP contribution >= 0.6 is 0 Å². The third-order valence-corrected chi connectivity index (χ3v) is 9.76. The first-order chi connectivity index (χ1) is 22.4. The molecule has 6 rings (SSSR count). The van der Waals surface area contributed by atoms with Crippen molar-refractivity contribution in [2.45, 2.75) is 70.3 Å². The SMILES string of the molecule is CC(C)[C@]1(F)CCc2nc3c(F)cc(C(=O)N[C@H](CCN4CCC(C(F)(F)F)CC4)c4ccc(-c5ccnnc5)nc4)cc3cc2C1. The van der Waals surface area contributed by atoms with E-state index in [0.29, 0.717) is 61.2 Å². The summed E-state index contributed by atoms with van der Waals surface area (Å²) in [6.07, 6.45) is 1.99. The van der Waals surface area contributed by atoms with E-state index in [0.717, 1.165) is 17.2 Å². The largest absolute Gasteiger partial charge is 0.391 e. The highest BCUT2D eigenvalue weighted by atomic mass is 19.4. The van der Waals surface area contributed by atoms with Gasteiger partial charge in [0.15, 0.2) is 0 Å². The third-order valence-electron chi connectivity index (χ3n) is 9.76. The average Bonchev–Trinajstić information content (AvgIpc) is 3.06. The van der Waals surface area contributed by atoms with E-state index in [2.05, 4.69) is 25.5 Å². The minimum Gasteiger partial charge on any atom is -0.345 e. The molecule has 1 saturated heterocycles. The molecule has 0 spiro atoms. The number of piperidine rings is 1. The van der Waals surface area contributed by atoms with Crippen molar-refractivity contribution in [1.82, 2.24) is 30.4 Å². The molecule has 1 N–H and O–H groups in total. The zero-order chi connectivity index (χ0) is 33.3. The van der Waals surface area contributed by atoms with Crippen LogP contribution in [0.4, 0.5) is 22.0 Å². The molecule has 0 bridgehead atoms. The van der Waals surface area contributed by atoms with Gasteiger partial charge in [-0.05, 0) is 92.6 Å². The Kier molecular flexibility index (Phi) is 9.24. The zero-order valence-corrected chi connectivity index (χ0v) is 26.3. The predicted octanol–water partition coefficient (Wildman–Crippen LogP) is 7.21. The van der Waals surface area contributed by atoms with Crippen molar-refractivity contribution in [1.29, 1.82) is 0 Å². The van der Waals surface area contributed by atoms with E-state index in [1.165, 1.54) is 0 Å². The summed E-state index contributed by atoms with van der Waals surface area (Å²) in [6.45, 7) is 4.76. The van der Waals surface area contributed by atoms with Crippen molar-refractivity contribution in [2.75, 3.05) is 19.6 Å². The van der Waals surface area contributed by atoms with Gasteiger partial charge >= 0.3 is 6.18 Å². The summed E-state index contributed by atoms with van der Waals surface area (Å²) in [5.41, 5.74) is 2.37. The summed E-state index contributed by atoms with van der Waals surface area (Å²) >= 11 is 0. The van der Waals surface area contributed by atoms with Crippen molar-refractivity contribution in [3.8, 4) is 11.3 Å². The van der Waals surface area contributed by atoms with Gasteiger partial charge in [-0.25, -0.2) is 13.8 Å². The number of alkyl halides is 4. The highest BCUT2D eigenvalue weighted by molar-refractivity contribution is 5.98. The van der Waals surface area contributed by atoms with Gasteiger partial charge in [-0.2, -0.15) is 23.4 Å². The Morgan fingerprint density at radius 3 is 2.53 bits per heavy atom. The number of pyridine rings is 2. The number of aromatic nitrogens is 4. The summed E-state index contributed by atoms with van der Waals surface area (Å²) in [4.78, 5) is 24.7. The number of rotatable bonds is 8. The summed E-state index contributed by atoms with van der Waals surface area (Å²) in [5, 5.41) is 11.1. The first-order valence-electron chi connectivity index (χ1n) is 16.0. The average molecular weight is 653 g/mol. The van der Waals surface area contributed by atoms with Gasteiger partial charge < -0.3 is 10.2 Å². The number of carbonyl (C=O) groups is 1. The minimum absolute atomic E-state index is 0.0333. The molecule has 4 aromatic rings. The fraction of sp³-hybridized carbons (Fsp3) is 0.457. The second-order valence-corrected chi connectivity index (χ2v) is 13.1. The van der Waals surface area contributed by atoms with Crippen LogP contribution in [0.3, 0.4) is 0 Å². The van der Waals surface area contributed by atoms with Gasteiger partial charge in [-0.3, -0.25) is 9.78 Å². The molecule has 1 fully saturated rings. The van der Waals surface area contributed by atoms with Crippen LogP contribution in [0, 0.1) is 17.7 Å². The number of amides is 1. The molecule has 3 aromatic heterocycles. The first-order valence-corrected chi connectivity index (χ1v) is 16.0. The predicted molar refractivity (Wildman–Crippen MR) is 168 cm³/mol. The second kappa shape index (κ2) is 13.2.